The van der Waals surface area contributed by atoms with Gasteiger partial charge in [0.05, 0.1) is 5.69 Å². The number of primary sulfonamides is 1. The van der Waals surface area contributed by atoms with Gasteiger partial charge < -0.3 is 11.1 Å². The number of rotatable bonds is 2. The lowest BCUT2D eigenvalue weighted by atomic mass is 10.3. The molecule has 1 rings (SSSR count). The highest BCUT2D eigenvalue weighted by atomic mass is 32.2. The van der Waals surface area contributed by atoms with Crippen molar-refractivity contribution in [2.24, 2.45) is 10.9 Å². The molecule has 0 aliphatic heterocycles. The number of hydrogen-bond acceptors (Lipinski definition) is 3. The molecule has 1 aromatic rings. The fraction of sp³-hybridized carbons (Fsp3) is 0. The zero-order chi connectivity index (χ0) is 11.6. The summed E-state index contributed by atoms with van der Waals surface area (Å²) in [5, 5.41) is 6.80. The minimum absolute atomic E-state index is 0.287. The third-order valence-electron chi connectivity index (χ3n) is 1.51. The van der Waals surface area contributed by atoms with E-state index in [0.29, 0.717) is 0 Å². The molecule has 0 aromatic heterocycles. The van der Waals surface area contributed by atoms with Gasteiger partial charge in [-0.15, -0.1) is 0 Å². The van der Waals surface area contributed by atoms with Crippen LogP contribution in [0.5, 0.6) is 0 Å². The van der Waals surface area contributed by atoms with E-state index in [2.05, 4.69) is 0 Å². The summed E-state index contributed by atoms with van der Waals surface area (Å²) in [4.78, 5) is 10.1. The first kappa shape index (κ1) is 11.4. The first-order valence-electron chi connectivity index (χ1n) is 3.69. The molecule has 0 atom stereocenters. The van der Waals surface area contributed by atoms with Crippen molar-refractivity contribution in [1.82, 2.24) is 0 Å². The Bertz CT molecular complexity index is 500. The predicted octanol–water partition coefficient (Wildman–Crippen LogP) is -0.0363. The Hall–Kier alpha value is -1.67. The van der Waals surface area contributed by atoms with Crippen molar-refractivity contribution in [2.75, 3.05) is 5.32 Å². The van der Waals surface area contributed by atoms with E-state index in [4.69, 9.17) is 10.9 Å². The number of anilines is 1. The van der Waals surface area contributed by atoms with E-state index in [0.717, 1.165) is 18.2 Å². The van der Waals surface area contributed by atoms with Gasteiger partial charge in [0.2, 0.25) is 10.0 Å². The number of urea groups is 1. The molecule has 2 amide bonds. The average molecular weight is 233 g/mol. The molecular formula is C7H8FN3O3S. The van der Waals surface area contributed by atoms with Crippen molar-refractivity contribution in [1.29, 1.82) is 0 Å². The standard InChI is InChI=1S/C7H8FN3O3S/c8-4-1-2-6(15(10,13)14)5(3-4)11-7(9)12/h1-3H,(H3,9,11,12)(H2,10,13,14). The van der Waals surface area contributed by atoms with Crippen LogP contribution in [0.25, 0.3) is 0 Å². The fourth-order valence-electron chi connectivity index (χ4n) is 0.981. The number of sulfonamides is 1. The Morgan fingerprint density at radius 2 is 2.00 bits per heavy atom. The van der Waals surface area contributed by atoms with Gasteiger partial charge in [-0.2, -0.15) is 0 Å². The minimum Gasteiger partial charge on any atom is -0.351 e. The maximum Gasteiger partial charge on any atom is 0.316 e. The molecule has 6 nitrogen and oxygen atoms in total. The van der Waals surface area contributed by atoms with E-state index in [9.17, 15) is 17.6 Å². The summed E-state index contributed by atoms with van der Waals surface area (Å²) >= 11 is 0. The molecule has 5 N–H and O–H groups in total. The number of nitrogens with one attached hydrogen (secondary N) is 1. The van der Waals surface area contributed by atoms with E-state index in [1.165, 1.54) is 0 Å². The van der Waals surface area contributed by atoms with E-state index in [-0.39, 0.29) is 5.69 Å². The van der Waals surface area contributed by atoms with Crippen molar-refractivity contribution in [3.63, 3.8) is 0 Å². The van der Waals surface area contributed by atoms with E-state index in [1.54, 1.807) is 0 Å². The van der Waals surface area contributed by atoms with E-state index < -0.39 is 26.8 Å². The maximum absolute atomic E-state index is 12.8. The second-order valence-electron chi connectivity index (χ2n) is 2.67. The lowest BCUT2D eigenvalue weighted by Crippen LogP contribution is -2.22. The summed E-state index contributed by atoms with van der Waals surface area (Å²) in [6.45, 7) is 0. The van der Waals surface area contributed by atoms with Gasteiger partial charge in [0.25, 0.3) is 0 Å². The van der Waals surface area contributed by atoms with Gasteiger partial charge in [-0.05, 0) is 18.2 Å². The topological polar surface area (TPSA) is 115 Å². The minimum atomic E-state index is -4.03. The average Bonchev–Trinajstić information content (AvgIpc) is 1.99. The van der Waals surface area contributed by atoms with Gasteiger partial charge in [-0.3, -0.25) is 0 Å². The second-order valence-corrected chi connectivity index (χ2v) is 4.20. The number of primary amides is 1. The maximum atomic E-state index is 12.8. The first-order valence-corrected chi connectivity index (χ1v) is 5.24. The SMILES string of the molecule is NC(=O)Nc1cc(F)ccc1S(N)(=O)=O. The number of carbonyl (C=O) groups is 1. The Morgan fingerprint density at radius 1 is 1.40 bits per heavy atom. The number of nitrogens with two attached hydrogens (primary N) is 2. The highest BCUT2D eigenvalue weighted by Gasteiger charge is 2.15. The molecule has 0 saturated carbocycles. The molecule has 0 bridgehead atoms. The molecule has 0 aliphatic carbocycles. The van der Waals surface area contributed by atoms with E-state index in [1.807, 2.05) is 5.32 Å². The zero-order valence-electron chi connectivity index (χ0n) is 7.40. The third-order valence-corrected chi connectivity index (χ3v) is 2.48. The summed E-state index contributed by atoms with van der Waals surface area (Å²) in [6, 6.07) is 1.65. The van der Waals surface area contributed by atoms with Crippen LogP contribution in [0, 0.1) is 5.82 Å². The summed E-state index contributed by atoms with van der Waals surface area (Å²) in [5.74, 6) is -0.717. The van der Waals surface area contributed by atoms with Crippen LogP contribution in [-0.2, 0) is 10.0 Å². The van der Waals surface area contributed by atoms with Crippen molar-refractivity contribution in [3.05, 3.63) is 24.0 Å². The fourth-order valence-corrected chi connectivity index (χ4v) is 1.65. The zero-order valence-corrected chi connectivity index (χ0v) is 8.21. The summed E-state index contributed by atoms with van der Waals surface area (Å²) in [5.41, 5.74) is 4.49. The highest BCUT2D eigenvalue weighted by molar-refractivity contribution is 7.89. The Balaban J connectivity index is 3.33. The Morgan fingerprint density at radius 3 is 2.47 bits per heavy atom. The highest BCUT2D eigenvalue weighted by Crippen LogP contribution is 2.20. The largest absolute Gasteiger partial charge is 0.351 e. The van der Waals surface area contributed by atoms with Gasteiger partial charge in [0.15, 0.2) is 0 Å². The molecule has 0 radical (unpaired) electrons. The normalized spacial score (nSPS) is 11.1. The van der Waals surface area contributed by atoms with Crippen LogP contribution < -0.4 is 16.2 Å². The summed E-state index contributed by atoms with van der Waals surface area (Å²) < 4.78 is 34.8. The molecule has 15 heavy (non-hydrogen) atoms. The number of halogens is 1. The van der Waals surface area contributed by atoms with Gasteiger partial charge in [0, 0.05) is 0 Å². The molecule has 0 saturated heterocycles. The third kappa shape index (κ3) is 2.89. The van der Waals surface area contributed by atoms with E-state index >= 15 is 0 Å². The molecule has 0 unspecified atom stereocenters. The number of hydrogen-bond donors (Lipinski definition) is 3. The van der Waals surface area contributed by atoms with Crippen LogP contribution in [0.1, 0.15) is 0 Å². The van der Waals surface area contributed by atoms with Crippen LogP contribution in [-0.4, -0.2) is 14.4 Å². The van der Waals surface area contributed by atoms with Crippen LogP contribution in [0.2, 0.25) is 0 Å². The van der Waals surface area contributed by atoms with Gasteiger partial charge in [0.1, 0.15) is 10.7 Å². The van der Waals surface area contributed by atoms with Crippen molar-refractivity contribution >= 4 is 21.7 Å². The van der Waals surface area contributed by atoms with Crippen molar-refractivity contribution in [3.8, 4) is 0 Å². The predicted molar refractivity (Wildman–Crippen MR) is 51.0 cm³/mol. The lowest BCUT2D eigenvalue weighted by Gasteiger charge is -2.07. The van der Waals surface area contributed by atoms with Crippen molar-refractivity contribution in [2.45, 2.75) is 4.90 Å². The summed E-state index contributed by atoms with van der Waals surface area (Å²) in [6.07, 6.45) is 0. The molecule has 8 heteroatoms. The van der Waals surface area contributed by atoms with Crippen LogP contribution in [0.3, 0.4) is 0 Å². The van der Waals surface area contributed by atoms with Crippen molar-refractivity contribution < 1.29 is 17.6 Å². The molecule has 0 fully saturated rings. The molecule has 0 spiro atoms. The van der Waals surface area contributed by atoms with Gasteiger partial charge in [-0.25, -0.2) is 22.7 Å². The monoisotopic (exact) mass is 233 g/mol. The second kappa shape index (κ2) is 3.83. The number of benzene rings is 1. The number of carbonyl (C=O) groups excluding carboxylic acids is 1. The molecule has 1 aromatic carbocycles. The molecule has 0 heterocycles. The molecule has 82 valence electrons. The van der Waals surface area contributed by atoms with Crippen LogP contribution in [0.4, 0.5) is 14.9 Å². The smallest absolute Gasteiger partial charge is 0.316 e. The quantitative estimate of drug-likeness (QED) is 0.665. The van der Waals surface area contributed by atoms with Crippen LogP contribution >= 0.6 is 0 Å². The number of amides is 2. The van der Waals surface area contributed by atoms with Crippen LogP contribution in [0.15, 0.2) is 23.1 Å². The molecular weight excluding hydrogens is 225 g/mol. The Kier molecular flexibility index (Phi) is 2.91. The summed E-state index contributed by atoms with van der Waals surface area (Å²) in [7, 11) is -4.03. The first-order chi connectivity index (χ1) is 6.80. The van der Waals surface area contributed by atoms with Gasteiger partial charge >= 0.3 is 6.03 Å². The lowest BCUT2D eigenvalue weighted by molar-refractivity contribution is 0.259. The Labute approximate surface area is 85.1 Å². The molecule has 0 aliphatic rings. The van der Waals surface area contributed by atoms with Gasteiger partial charge in [-0.1, -0.05) is 0 Å².